The van der Waals surface area contributed by atoms with E-state index in [2.05, 4.69) is 77.1 Å². The van der Waals surface area contributed by atoms with E-state index >= 15 is 0 Å². The molecule has 0 spiro atoms. The molecule has 1 unspecified atom stereocenters. The van der Waals surface area contributed by atoms with Crippen molar-refractivity contribution in [2.45, 2.75) is 63.2 Å². The molecule has 2 aromatic rings. The van der Waals surface area contributed by atoms with Crippen LogP contribution in [0.25, 0.3) is 0 Å². The lowest BCUT2D eigenvalue weighted by atomic mass is 9.63. The van der Waals surface area contributed by atoms with E-state index in [9.17, 15) is 0 Å². The van der Waals surface area contributed by atoms with Gasteiger partial charge in [-0.05, 0) is 52.8 Å². The molecule has 1 heterocycles. The number of aryl methyl sites for hydroxylation is 1. The SMILES string of the molecule is Cc1ccc(C2(c3ccc4c(c3)C(C)(C)CCC4(C)C)OCCS2)cc1. The van der Waals surface area contributed by atoms with Crippen molar-refractivity contribution in [1.29, 1.82) is 0 Å². The minimum Gasteiger partial charge on any atom is -0.355 e. The van der Waals surface area contributed by atoms with Gasteiger partial charge in [-0.3, -0.25) is 0 Å². The minimum absolute atomic E-state index is 0.221. The van der Waals surface area contributed by atoms with Crippen LogP contribution in [0.2, 0.25) is 0 Å². The van der Waals surface area contributed by atoms with Gasteiger partial charge in [-0.15, -0.1) is 11.8 Å². The molecule has 1 aliphatic heterocycles. The number of thioether (sulfide) groups is 1. The fraction of sp³-hybridized carbons (Fsp3) is 0.500. The summed E-state index contributed by atoms with van der Waals surface area (Å²) in [5, 5.41) is 0. The number of hydrogen-bond acceptors (Lipinski definition) is 2. The summed E-state index contributed by atoms with van der Waals surface area (Å²) in [7, 11) is 0. The highest BCUT2D eigenvalue weighted by Crippen LogP contribution is 2.51. The summed E-state index contributed by atoms with van der Waals surface area (Å²) in [4.78, 5) is -0.361. The van der Waals surface area contributed by atoms with E-state index in [1.165, 1.54) is 40.7 Å². The summed E-state index contributed by atoms with van der Waals surface area (Å²) in [6.45, 7) is 12.5. The Balaban J connectivity index is 1.88. The van der Waals surface area contributed by atoms with Crippen molar-refractivity contribution in [3.8, 4) is 0 Å². The number of fused-ring (bicyclic) bond motifs is 1. The zero-order valence-corrected chi connectivity index (χ0v) is 17.5. The molecule has 1 aliphatic carbocycles. The molecule has 0 amide bonds. The second-order valence-corrected chi connectivity index (χ2v) is 10.5. The Hall–Kier alpha value is -1.25. The molecule has 1 fully saturated rings. The molecule has 4 rings (SSSR count). The lowest BCUT2D eigenvalue weighted by Crippen LogP contribution is -2.34. The average Bonchev–Trinajstić information content (AvgIpc) is 3.10. The van der Waals surface area contributed by atoms with Crippen LogP contribution in [0.5, 0.6) is 0 Å². The Kier molecular flexibility index (Phi) is 4.28. The summed E-state index contributed by atoms with van der Waals surface area (Å²) in [6.07, 6.45) is 2.49. The second-order valence-electron chi connectivity index (χ2n) is 9.21. The van der Waals surface area contributed by atoms with E-state index in [1.54, 1.807) is 0 Å². The molecule has 2 aromatic carbocycles. The summed E-state index contributed by atoms with van der Waals surface area (Å²) in [5.74, 6) is 1.04. The van der Waals surface area contributed by atoms with Gasteiger partial charge in [0.15, 0.2) is 4.93 Å². The first-order valence-corrected chi connectivity index (χ1v) is 10.7. The summed E-state index contributed by atoms with van der Waals surface area (Å²) >= 11 is 1.93. The molecule has 1 nitrogen and oxygen atoms in total. The monoisotopic (exact) mass is 366 g/mol. The van der Waals surface area contributed by atoms with Crippen molar-refractivity contribution in [1.82, 2.24) is 0 Å². The minimum atomic E-state index is -0.361. The third-order valence-electron chi connectivity index (χ3n) is 6.36. The summed E-state index contributed by atoms with van der Waals surface area (Å²) in [6, 6.07) is 16.0. The summed E-state index contributed by atoms with van der Waals surface area (Å²) < 4.78 is 6.43. The first-order chi connectivity index (χ1) is 12.2. The van der Waals surface area contributed by atoms with Crippen molar-refractivity contribution in [3.05, 3.63) is 70.3 Å². The highest BCUT2D eigenvalue weighted by atomic mass is 32.2. The number of hydrogen-bond donors (Lipinski definition) is 0. The van der Waals surface area contributed by atoms with Crippen LogP contribution in [-0.4, -0.2) is 12.4 Å². The van der Waals surface area contributed by atoms with Crippen molar-refractivity contribution < 1.29 is 4.74 Å². The Morgan fingerprint density at radius 3 is 2.04 bits per heavy atom. The van der Waals surface area contributed by atoms with E-state index in [0.29, 0.717) is 0 Å². The van der Waals surface area contributed by atoms with Crippen LogP contribution in [0.15, 0.2) is 42.5 Å². The maximum atomic E-state index is 6.43. The third kappa shape index (κ3) is 2.82. The zero-order chi connectivity index (χ0) is 18.6. The lowest BCUT2D eigenvalue weighted by Gasteiger charge is -2.43. The van der Waals surface area contributed by atoms with Gasteiger partial charge in [0.2, 0.25) is 0 Å². The van der Waals surface area contributed by atoms with Gasteiger partial charge in [0.05, 0.1) is 6.61 Å². The average molecular weight is 367 g/mol. The van der Waals surface area contributed by atoms with Gasteiger partial charge in [-0.2, -0.15) is 0 Å². The van der Waals surface area contributed by atoms with Crippen LogP contribution in [0.4, 0.5) is 0 Å². The van der Waals surface area contributed by atoms with Crippen molar-refractivity contribution >= 4 is 11.8 Å². The molecule has 26 heavy (non-hydrogen) atoms. The van der Waals surface area contributed by atoms with Gasteiger partial charge in [0.1, 0.15) is 0 Å². The van der Waals surface area contributed by atoms with Gasteiger partial charge in [-0.25, -0.2) is 0 Å². The van der Waals surface area contributed by atoms with Crippen LogP contribution in [-0.2, 0) is 20.5 Å². The first-order valence-electron chi connectivity index (χ1n) is 9.75. The van der Waals surface area contributed by atoms with Crippen molar-refractivity contribution in [2.75, 3.05) is 12.4 Å². The lowest BCUT2D eigenvalue weighted by molar-refractivity contribution is 0.0806. The first kappa shape index (κ1) is 18.1. The van der Waals surface area contributed by atoms with E-state index < -0.39 is 0 Å². The normalized spacial score (nSPS) is 26.5. The Morgan fingerprint density at radius 2 is 1.42 bits per heavy atom. The standard InChI is InChI=1S/C24H30OS/c1-17-6-8-18(9-7-17)24(25-14-15-26-24)19-10-11-20-21(16-19)23(4,5)13-12-22(20,2)3/h6-11,16H,12-15H2,1-5H3. The third-order valence-corrected chi connectivity index (χ3v) is 7.73. The molecule has 0 saturated carbocycles. The molecule has 0 bridgehead atoms. The highest BCUT2D eigenvalue weighted by Gasteiger charge is 2.43. The van der Waals surface area contributed by atoms with Crippen LogP contribution in [0.3, 0.4) is 0 Å². The molecule has 2 aliphatic rings. The predicted octanol–water partition coefficient (Wildman–Crippen LogP) is 6.31. The van der Waals surface area contributed by atoms with Gasteiger partial charge in [0.25, 0.3) is 0 Å². The van der Waals surface area contributed by atoms with Gasteiger partial charge in [-0.1, -0.05) is 75.7 Å². The van der Waals surface area contributed by atoms with Crippen molar-refractivity contribution in [3.63, 3.8) is 0 Å². The maximum Gasteiger partial charge on any atom is 0.165 e. The van der Waals surface area contributed by atoms with Gasteiger partial charge in [0, 0.05) is 5.75 Å². The van der Waals surface area contributed by atoms with Crippen LogP contribution in [0.1, 0.15) is 68.4 Å². The number of ether oxygens (including phenoxy) is 1. The smallest absolute Gasteiger partial charge is 0.165 e. The van der Waals surface area contributed by atoms with E-state index in [-0.39, 0.29) is 15.8 Å². The maximum absolute atomic E-state index is 6.43. The summed E-state index contributed by atoms with van der Waals surface area (Å²) in [5.41, 5.74) is 7.35. The molecule has 1 atom stereocenters. The molecule has 1 saturated heterocycles. The van der Waals surface area contributed by atoms with Gasteiger partial charge < -0.3 is 4.74 Å². The highest BCUT2D eigenvalue weighted by molar-refractivity contribution is 8.00. The van der Waals surface area contributed by atoms with Crippen LogP contribution in [0, 0.1) is 6.92 Å². The van der Waals surface area contributed by atoms with Crippen LogP contribution < -0.4 is 0 Å². The van der Waals surface area contributed by atoms with E-state index in [4.69, 9.17) is 4.74 Å². The Labute approximate surface area is 162 Å². The molecule has 138 valence electrons. The number of benzene rings is 2. The molecule has 0 aromatic heterocycles. The van der Waals surface area contributed by atoms with E-state index in [0.717, 1.165) is 12.4 Å². The zero-order valence-electron chi connectivity index (χ0n) is 16.7. The Bertz CT molecular complexity index is 811. The molecule has 0 N–H and O–H groups in total. The topological polar surface area (TPSA) is 9.23 Å². The quantitative estimate of drug-likeness (QED) is 0.616. The molecular formula is C24H30OS. The Morgan fingerprint density at radius 1 is 0.808 bits per heavy atom. The number of rotatable bonds is 2. The molecular weight excluding hydrogens is 336 g/mol. The van der Waals surface area contributed by atoms with E-state index in [1.807, 2.05) is 11.8 Å². The molecule has 0 radical (unpaired) electrons. The second kappa shape index (κ2) is 6.14. The fourth-order valence-electron chi connectivity index (χ4n) is 4.48. The predicted molar refractivity (Wildman–Crippen MR) is 112 cm³/mol. The fourth-order valence-corrected chi connectivity index (χ4v) is 5.70. The van der Waals surface area contributed by atoms with Crippen molar-refractivity contribution in [2.24, 2.45) is 0 Å². The largest absolute Gasteiger partial charge is 0.355 e. The van der Waals surface area contributed by atoms with Crippen LogP contribution >= 0.6 is 11.8 Å². The molecule has 2 heteroatoms. The van der Waals surface area contributed by atoms with Gasteiger partial charge >= 0.3 is 0 Å².